The summed E-state index contributed by atoms with van der Waals surface area (Å²) < 4.78 is 18.2. The van der Waals surface area contributed by atoms with E-state index in [9.17, 15) is 14.0 Å². The summed E-state index contributed by atoms with van der Waals surface area (Å²) in [6, 6.07) is 9.38. The highest BCUT2D eigenvalue weighted by Gasteiger charge is 2.40. The Balaban J connectivity index is 1.64. The molecule has 1 aromatic carbocycles. The Morgan fingerprint density at radius 3 is 2.62 bits per heavy atom. The number of hydrogen-bond donors (Lipinski definition) is 1. The van der Waals surface area contributed by atoms with Crippen LogP contribution in [0.25, 0.3) is 0 Å². The number of nitrogens with one attached hydrogen (secondary N) is 1. The summed E-state index contributed by atoms with van der Waals surface area (Å²) in [4.78, 5) is 24.8. The van der Waals surface area contributed by atoms with Gasteiger partial charge in [0.2, 0.25) is 0 Å². The van der Waals surface area contributed by atoms with Crippen LogP contribution < -0.4 is 5.32 Å². The van der Waals surface area contributed by atoms with Crippen molar-refractivity contribution in [2.24, 2.45) is 11.8 Å². The molecule has 0 unspecified atom stereocenters. The number of carbonyl (C=O) groups is 2. The van der Waals surface area contributed by atoms with Gasteiger partial charge in [0.05, 0.1) is 12.0 Å². The molecule has 1 aromatic heterocycles. The van der Waals surface area contributed by atoms with E-state index in [0.717, 1.165) is 16.9 Å². The monoisotopic (exact) mass is 347 g/mol. The molecule has 1 fully saturated rings. The number of esters is 1. The summed E-state index contributed by atoms with van der Waals surface area (Å²) in [5, 5.41) is 4.76. The molecule has 1 aliphatic carbocycles. The first kappa shape index (κ1) is 16.6. The molecule has 1 heterocycles. The summed E-state index contributed by atoms with van der Waals surface area (Å²) in [6.07, 6.45) is 0.827. The molecule has 2 aromatic rings. The SMILES string of the molecule is C[C@@H]1C[C@@H]1C(=O)OCC(=O)N[C@@H](c1ccc(F)cc1)c1cccs1. The van der Waals surface area contributed by atoms with Crippen LogP contribution in [-0.4, -0.2) is 18.5 Å². The largest absolute Gasteiger partial charge is 0.455 e. The predicted molar refractivity (Wildman–Crippen MR) is 88.9 cm³/mol. The Hall–Kier alpha value is -2.21. The van der Waals surface area contributed by atoms with Gasteiger partial charge < -0.3 is 10.1 Å². The van der Waals surface area contributed by atoms with Crippen molar-refractivity contribution in [1.29, 1.82) is 0 Å². The van der Waals surface area contributed by atoms with Crippen LogP contribution in [0.15, 0.2) is 41.8 Å². The molecule has 1 aliphatic rings. The minimum Gasteiger partial charge on any atom is -0.455 e. The molecule has 0 radical (unpaired) electrons. The number of thiophene rings is 1. The molecule has 3 rings (SSSR count). The van der Waals surface area contributed by atoms with Gasteiger partial charge in [0, 0.05) is 4.88 Å². The van der Waals surface area contributed by atoms with Crippen molar-refractivity contribution in [3.63, 3.8) is 0 Å². The molecule has 126 valence electrons. The van der Waals surface area contributed by atoms with Crippen LogP contribution in [0, 0.1) is 17.7 Å². The van der Waals surface area contributed by atoms with Crippen LogP contribution in [0.4, 0.5) is 4.39 Å². The molecule has 24 heavy (non-hydrogen) atoms. The highest BCUT2D eigenvalue weighted by molar-refractivity contribution is 7.10. The first-order valence-electron chi connectivity index (χ1n) is 7.79. The Labute approximate surface area is 143 Å². The molecule has 0 spiro atoms. The second-order valence-corrected chi connectivity index (χ2v) is 6.97. The first-order chi connectivity index (χ1) is 11.5. The number of hydrogen-bond acceptors (Lipinski definition) is 4. The molecular formula is C18H18FNO3S. The lowest BCUT2D eigenvalue weighted by atomic mass is 10.1. The van der Waals surface area contributed by atoms with Crippen LogP contribution in [-0.2, 0) is 14.3 Å². The van der Waals surface area contributed by atoms with E-state index < -0.39 is 6.04 Å². The summed E-state index contributed by atoms with van der Waals surface area (Å²) in [5.74, 6) is -0.740. The van der Waals surface area contributed by atoms with Crippen LogP contribution in [0.3, 0.4) is 0 Å². The van der Waals surface area contributed by atoms with Gasteiger partial charge in [-0.15, -0.1) is 11.3 Å². The number of amides is 1. The maximum Gasteiger partial charge on any atom is 0.309 e. The van der Waals surface area contributed by atoms with Crippen molar-refractivity contribution in [2.75, 3.05) is 6.61 Å². The van der Waals surface area contributed by atoms with Gasteiger partial charge in [-0.05, 0) is 41.5 Å². The highest BCUT2D eigenvalue weighted by Crippen LogP contribution is 2.38. The van der Waals surface area contributed by atoms with Crippen molar-refractivity contribution in [1.82, 2.24) is 5.32 Å². The zero-order chi connectivity index (χ0) is 17.1. The van der Waals surface area contributed by atoms with E-state index in [1.54, 1.807) is 12.1 Å². The van der Waals surface area contributed by atoms with E-state index in [-0.39, 0.29) is 30.2 Å². The third-order valence-electron chi connectivity index (χ3n) is 4.09. The Bertz CT molecular complexity index is 714. The molecule has 1 saturated carbocycles. The fraction of sp³-hybridized carbons (Fsp3) is 0.333. The smallest absolute Gasteiger partial charge is 0.309 e. The van der Waals surface area contributed by atoms with Gasteiger partial charge in [0.15, 0.2) is 6.61 Å². The van der Waals surface area contributed by atoms with Crippen LogP contribution in [0.5, 0.6) is 0 Å². The van der Waals surface area contributed by atoms with Gasteiger partial charge >= 0.3 is 5.97 Å². The summed E-state index contributed by atoms with van der Waals surface area (Å²) in [6.45, 7) is 1.68. The lowest BCUT2D eigenvalue weighted by molar-refractivity contribution is -0.150. The van der Waals surface area contributed by atoms with Crippen molar-refractivity contribution >= 4 is 23.2 Å². The molecule has 1 N–H and O–H groups in total. The zero-order valence-electron chi connectivity index (χ0n) is 13.2. The van der Waals surface area contributed by atoms with Crippen molar-refractivity contribution in [2.45, 2.75) is 19.4 Å². The number of rotatable bonds is 6. The fourth-order valence-electron chi connectivity index (χ4n) is 2.53. The number of benzene rings is 1. The Kier molecular flexibility index (Phi) is 4.94. The molecule has 4 nitrogen and oxygen atoms in total. The highest BCUT2D eigenvalue weighted by atomic mass is 32.1. The molecule has 1 amide bonds. The maximum absolute atomic E-state index is 13.1. The first-order valence-corrected chi connectivity index (χ1v) is 8.67. The van der Waals surface area contributed by atoms with Gasteiger partial charge in [0.25, 0.3) is 5.91 Å². The average molecular weight is 347 g/mol. The molecule has 3 atom stereocenters. The van der Waals surface area contributed by atoms with E-state index in [1.165, 1.54) is 23.5 Å². The van der Waals surface area contributed by atoms with Crippen molar-refractivity contribution in [3.8, 4) is 0 Å². The molecule has 0 bridgehead atoms. The normalized spacial score (nSPS) is 20.2. The molecule has 0 aliphatic heterocycles. The van der Waals surface area contributed by atoms with Crippen molar-refractivity contribution in [3.05, 3.63) is 58.0 Å². The third kappa shape index (κ3) is 4.00. The second-order valence-electron chi connectivity index (χ2n) is 5.99. The van der Waals surface area contributed by atoms with Gasteiger partial charge in [-0.1, -0.05) is 25.1 Å². The van der Waals surface area contributed by atoms with Gasteiger partial charge in [0.1, 0.15) is 5.82 Å². The predicted octanol–water partition coefficient (Wildman–Crippen LogP) is 3.29. The van der Waals surface area contributed by atoms with Crippen LogP contribution in [0.1, 0.15) is 29.8 Å². The second kappa shape index (κ2) is 7.13. The quantitative estimate of drug-likeness (QED) is 0.816. The van der Waals surface area contributed by atoms with Crippen LogP contribution in [0.2, 0.25) is 0 Å². The zero-order valence-corrected chi connectivity index (χ0v) is 14.0. The van der Waals surface area contributed by atoms with Crippen LogP contribution >= 0.6 is 11.3 Å². The van der Waals surface area contributed by atoms with E-state index in [0.29, 0.717) is 5.92 Å². The standard InChI is InChI=1S/C18H18FNO3S/c1-11-9-14(11)18(22)23-10-16(21)20-17(15-3-2-8-24-15)12-4-6-13(19)7-5-12/h2-8,11,14,17H,9-10H2,1H3,(H,20,21)/t11-,14+,17+/m1/s1. The molecule has 6 heteroatoms. The topological polar surface area (TPSA) is 55.4 Å². The van der Waals surface area contributed by atoms with Gasteiger partial charge in [-0.2, -0.15) is 0 Å². The van der Waals surface area contributed by atoms with Gasteiger partial charge in [-0.3, -0.25) is 9.59 Å². The molecular weight excluding hydrogens is 329 g/mol. The number of ether oxygens (including phenoxy) is 1. The summed E-state index contributed by atoms with van der Waals surface area (Å²) in [7, 11) is 0. The van der Waals surface area contributed by atoms with Crippen molar-refractivity contribution < 1.29 is 18.7 Å². The average Bonchev–Trinajstić information content (AvgIpc) is 3.08. The Morgan fingerprint density at radius 1 is 1.33 bits per heavy atom. The lowest BCUT2D eigenvalue weighted by Gasteiger charge is -2.18. The summed E-state index contributed by atoms with van der Waals surface area (Å²) in [5.41, 5.74) is 0.773. The third-order valence-corrected chi connectivity index (χ3v) is 5.03. The van der Waals surface area contributed by atoms with E-state index >= 15 is 0 Å². The van der Waals surface area contributed by atoms with E-state index in [2.05, 4.69) is 5.32 Å². The lowest BCUT2D eigenvalue weighted by Crippen LogP contribution is -2.33. The fourth-order valence-corrected chi connectivity index (χ4v) is 3.33. The number of carbonyl (C=O) groups excluding carboxylic acids is 2. The van der Waals surface area contributed by atoms with E-state index in [4.69, 9.17) is 4.74 Å². The van der Waals surface area contributed by atoms with E-state index in [1.807, 2.05) is 24.4 Å². The maximum atomic E-state index is 13.1. The van der Waals surface area contributed by atoms with Gasteiger partial charge in [-0.25, -0.2) is 4.39 Å². The Morgan fingerprint density at radius 2 is 2.04 bits per heavy atom. The minimum absolute atomic E-state index is 0.0667. The number of halogens is 1. The minimum atomic E-state index is -0.392. The summed E-state index contributed by atoms with van der Waals surface area (Å²) >= 11 is 1.50. The molecule has 0 saturated heterocycles.